The van der Waals surface area contributed by atoms with Crippen LogP contribution in [-0.4, -0.2) is 15.9 Å². The van der Waals surface area contributed by atoms with E-state index in [-0.39, 0.29) is 5.82 Å². The Hall–Kier alpha value is -4.06. The first-order chi connectivity index (χ1) is 14.6. The van der Waals surface area contributed by atoms with E-state index < -0.39 is 5.91 Å². The molecule has 1 amide bonds. The summed E-state index contributed by atoms with van der Waals surface area (Å²) in [5.41, 5.74) is 10.9. The molecule has 30 heavy (non-hydrogen) atoms. The average Bonchev–Trinajstić information content (AvgIpc) is 2.78. The average molecular weight is 398 g/mol. The number of nitrogens with one attached hydrogen (secondary N) is 1. The van der Waals surface area contributed by atoms with Gasteiger partial charge in [-0.05, 0) is 65.7 Å². The summed E-state index contributed by atoms with van der Waals surface area (Å²) >= 11 is 0. The third-order valence-electron chi connectivity index (χ3n) is 4.73. The molecule has 148 valence electrons. The first-order valence-electron chi connectivity index (χ1n) is 9.39. The first-order valence-corrected chi connectivity index (χ1v) is 9.39. The Labute approximate surface area is 173 Å². The molecule has 0 bridgehead atoms. The second-order valence-corrected chi connectivity index (χ2v) is 6.77. The Morgan fingerprint density at radius 2 is 1.70 bits per heavy atom. The van der Waals surface area contributed by atoms with Crippen LogP contribution in [0.15, 0.2) is 85.3 Å². The molecule has 0 atom stereocenters. The second-order valence-electron chi connectivity index (χ2n) is 6.77. The fraction of sp³-hybridized carbons (Fsp3) is 0.0417. The molecule has 0 radical (unpaired) electrons. The monoisotopic (exact) mass is 398 g/mol. The lowest BCUT2D eigenvalue weighted by Crippen LogP contribution is -2.10. The molecule has 2 heterocycles. The largest absolute Gasteiger partial charge is 0.381 e. The highest BCUT2D eigenvalue weighted by molar-refractivity contribution is 5.93. The van der Waals surface area contributed by atoms with Crippen molar-refractivity contribution in [2.75, 3.05) is 5.32 Å². The summed E-state index contributed by atoms with van der Waals surface area (Å²) < 4.78 is 13.7. The number of anilines is 1. The molecule has 0 aliphatic rings. The summed E-state index contributed by atoms with van der Waals surface area (Å²) in [7, 11) is 0. The van der Waals surface area contributed by atoms with Crippen LogP contribution < -0.4 is 11.1 Å². The number of aromatic nitrogens is 2. The van der Waals surface area contributed by atoms with Crippen LogP contribution in [0.5, 0.6) is 0 Å². The molecular weight excluding hydrogens is 379 g/mol. The van der Waals surface area contributed by atoms with Gasteiger partial charge in [-0.25, -0.2) is 4.39 Å². The number of carbonyl (C=O) groups excluding carboxylic acids is 1. The van der Waals surface area contributed by atoms with Gasteiger partial charge in [-0.2, -0.15) is 0 Å². The van der Waals surface area contributed by atoms with E-state index in [1.165, 1.54) is 12.1 Å². The number of benzene rings is 2. The fourth-order valence-electron chi connectivity index (χ4n) is 3.19. The number of hydrogen-bond donors (Lipinski definition) is 2. The molecule has 2 aromatic carbocycles. The fourth-order valence-corrected chi connectivity index (χ4v) is 3.19. The van der Waals surface area contributed by atoms with Crippen LogP contribution in [0.1, 0.15) is 15.9 Å². The molecule has 6 heteroatoms. The molecule has 0 saturated heterocycles. The lowest BCUT2D eigenvalue weighted by Gasteiger charge is -2.13. The highest BCUT2D eigenvalue weighted by Gasteiger charge is 2.10. The van der Waals surface area contributed by atoms with E-state index in [4.69, 9.17) is 5.73 Å². The second kappa shape index (κ2) is 8.53. The van der Waals surface area contributed by atoms with Crippen molar-refractivity contribution >= 4 is 11.6 Å². The maximum Gasteiger partial charge on any atom is 0.248 e. The van der Waals surface area contributed by atoms with E-state index >= 15 is 0 Å². The van der Waals surface area contributed by atoms with Crippen molar-refractivity contribution < 1.29 is 9.18 Å². The van der Waals surface area contributed by atoms with E-state index in [1.54, 1.807) is 48.9 Å². The number of hydrogen-bond acceptors (Lipinski definition) is 4. The van der Waals surface area contributed by atoms with E-state index in [1.807, 2.05) is 24.3 Å². The minimum atomic E-state index is -0.464. The Morgan fingerprint density at radius 1 is 0.933 bits per heavy atom. The Morgan fingerprint density at radius 3 is 2.40 bits per heavy atom. The Balaban J connectivity index is 1.67. The maximum atomic E-state index is 13.7. The van der Waals surface area contributed by atoms with Gasteiger partial charge in [0.1, 0.15) is 5.82 Å². The standard InChI is InChI=1S/C24H19FN4O/c25-21-3-1-2-18(13-21)19-12-20(23(29-14-19)16-8-10-27-11-9-16)15-28-22-6-4-17(5-7-22)24(26)30/h1-14,28H,15H2,(H2,26,30). The molecule has 0 aliphatic heterocycles. The molecule has 0 aliphatic carbocycles. The molecule has 2 aromatic heterocycles. The highest BCUT2D eigenvalue weighted by atomic mass is 19.1. The SMILES string of the molecule is NC(=O)c1ccc(NCc2cc(-c3cccc(F)c3)cnc2-c2ccncc2)cc1. The molecule has 5 nitrogen and oxygen atoms in total. The summed E-state index contributed by atoms with van der Waals surface area (Å²) in [5.74, 6) is -0.756. The zero-order valence-electron chi connectivity index (χ0n) is 16.0. The van der Waals surface area contributed by atoms with Crippen molar-refractivity contribution in [3.63, 3.8) is 0 Å². The van der Waals surface area contributed by atoms with Crippen LogP contribution in [0.2, 0.25) is 0 Å². The van der Waals surface area contributed by atoms with Gasteiger partial charge in [0.05, 0.1) is 5.69 Å². The van der Waals surface area contributed by atoms with Gasteiger partial charge < -0.3 is 11.1 Å². The van der Waals surface area contributed by atoms with Crippen LogP contribution in [0, 0.1) is 5.82 Å². The van der Waals surface area contributed by atoms with E-state index in [0.29, 0.717) is 12.1 Å². The van der Waals surface area contributed by atoms with E-state index in [0.717, 1.165) is 33.6 Å². The van der Waals surface area contributed by atoms with Gasteiger partial charge in [0.15, 0.2) is 0 Å². The molecule has 0 unspecified atom stereocenters. The zero-order chi connectivity index (χ0) is 20.9. The molecule has 4 aromatic rings. The van der Waals surface area contributed by atoms with Crippen molar-refractivity contribution in [3.05, 3.63) is 102 Å². The van der Waals surface area contributed by atoms with Gasteiger partial charge in [0.25, 0.3) is 0 Å². The normalized spacial score (nSPS) is 10.6. The molecule has 3 N–H and O–H groups in total. The smallest absolute Gasteiger partial charge is 0.248 e. The lowest BCUT2D eigenvalue weighted by molar-refractivity contribution is 0.100. The van der Waals surface area contributed by atoms with Gasteiger partial charge in [-0.3, -0.25) is 14.8 Å². The molecule has 0 fully saturated rings. The van der Waals surface area contributed by atoms with Crippen LogP contribution >= 0.6 is 0 Å². The summed E-state index contributed by atoms with van der Waals surface area (Å²) in [6.45, 7) is 0.490. The quantitative estimate of drug-likeness (QED) is 0.495. The van der Waals surface area contributed by atoms with Crippen LogP contribution in [0.25, 0.3) is 22.4 Å². The predicted octanol–water partition coefficient (Wildman–Crippen LogP) is 4.66. The molecule has 0 saturated carbocycles. The predicted molar refractivity (Wildman–Crippen MR) is 115 cm³/mol. The number of rotatable bonds is 6. The van der Waals surface area contributed by atoms with Crippen molar-refractivity contribution in [1.82, 2.24) is 9.97 Å². The van der Waals surface area contributed by atoms with Gasteiger partial charge in [0.2, 0.25) is 5.91 Å². The van der Waals surface area contributed by atoms with Crippen molar-refractivity contribution in [2.45, 2.75) is 6.54 Å². The van der Waals surface area contributed by atoms with E-state index in [9.17, 15) is 9.18 Å². The molecule has 4 rings (SSSR count). The number of halogens is 1. The van der Waals surface area contributed by atoms with E-state index in [2.05, 4.69) is 15.3 Å². The molecular formula is C24H19FN4O. The number of amides is 1. The minimum absolute atomic E-state index is 0.292. The number of primary amides is 1. The number of carbonyl (C=O) groups is 1. The summed E-state index contributed by atoms with van der Waals surface area (Å²) in [5, 5.41) is 3.35. The summed E-state index contributed by atoms with van der Waals surface area (Å²) in [6.07, 6.45) is 5.18. The summed E-state index contributed by atoms with van der Waals surface area (Å²) in [6, 6.07) is 19.2. The molecule has 0 spiro atoms. The van der Waals surface area contributed by atoms with Gasteiger partial charge >= 0.3 is 0 Å². The zero-order valence-corrected chi connectivity index (χ0v) is 16.0. The minimum Gasteiger partial charge on any atom is -0.381 e. The Kier molecular flexibility index (Phi) is 5.48. The third-order valence-corrected chi connectivity index (χ3v) is 4.73. The van der Waals surface area contributed by atoms with Gasteiger partial charge in [0, 0.05) is 47.5 Å². The van der Waals surface area contributed by atoms with Crippen molar-refractivity contribution in [2.24, 2.45) is 5.73 Å². The van der Waals surface area contributed by atoms with Crippen LogP contribution in [-0.2, 0) is 6.54 Å². The van der Waals surface area contributed by atoms with Crippen LogP contribution in [0.3, 0.4) is 0 Å². The van der Waals surface area contributed by atoms with Gasteiger partial charge in [-0.1, -0.05) is 12.1 Å². The number of nitrogens with zero attached hydrogens (tertiary/aromatic N) is 2. The summed E-state index contributed by atoms with van der Waals surface area (Å²) in [4.78, 5) is 20.0. The third kappa shape index (κ3) is 4.33. The number of nitrogens with two attached hydrogens (primary N) is 1. The van der Waals surface area contributed by atoms with Crippen LogP contribution in [0.4, 0.5) is 10.1 Å². The first kappa shape index (κ1) is 19.3. The number of pyridine rings is 2. The van der Waals surface area contributed by atoms with Gasteiger partial charge in [-0.15, -0.1) is 0 Å². The van der Waals surface area contributed by atoms with Crippen molar-refractivity contribution in [1.29, 1.82) is 0 Å². The highest BCUT2D eigenvalue weighted by Crippen LogP contribution is 2.27. The lowest BCUT2D eigenvalue weighted by atomic mass is 10.0. The Bertz CT molecular complexity index is 1180. The topological polar surface area (TPSA) is 80.9 Å². The van der Waals surface area contributed by atoms with Crippen molar-refractivity contribution in [3.8, 4) is 22.4 Å². The maximum absolute atomic E-state index is 13.7.